The van der Waals surface area contributed by atoms with Crippen molar-refractivity contribution in [3.63, 3.8) is 0 Å². The number of fused-ring (bicyclic) bond motifs is 1. The molecular formula is C16H17N5O. The minimum Gasteiger partial charge on any atom is -0.306 e. The summed E-state index contributed by atoms with van der Waals surface area (Å²) in [6.45, 7) is 4.01. The first-order valence-corrected chi connectivity index (χ1v) is 7.15. The van der Waals surface area contributed by atoms with Crippen molar-refractivity contribution in [2.75, 3.05) is 5.32 Å². The van der Waals surface area contributed by atoms with Crippen LogP contribution in [0.4, 0.5) is 5.82 Å². The van der Waals surface area contributed by atoms with Gasteiger partial charge in [0.1, 0.15) is 11.3 Å². The third-order valence-electron chi connectivity index (χ3n) is 3.69. The molecule has 0 unspecified atom stereocenters. The summed E-state index contributed by atoms with van der Waals surface area (Å²) in [5.74, 6) is 0.502. The second-order valence-corrected chi connectivity index (χ2v) is 5.08. The molecular weight excluding hydrogens is 278 g/mol. The van der Waals surface area contributed by atoms with Crippen LogP contribution in [0, 0.1) is 6.92 Å². The third-order valence-corrected chi connectivity index (χ3v) is 3.69. The van der Waals surface area contributed by atoms with Gasteiger partial charge in [0.15, 0.2) is 0 Å². The summed E-state index contributed by atoms with van der Waals surface area (Å²) in [6, 6.07) is 5.39. The van der Waals surface area contributed by atoms with Gasteiger partial charge < -0.3 is 5.32 Å². The Bertz CT molecular complexity index is 848. The second-order valence-electron chi connectivity index (χ2n) is 5.08. The van der Waals surface area contributed by atoms with Crippen molar-refractivity contribution in [1.82, 2.24) is 19.7 Å². The molecule has 0 aliphatic rings. The molecule has 0 aliphatic heterocycles. The van der Waals surface area contributed by atoms with Crippen molar-refractivity contribution in [3.8, 4) is 0 Å². The van der Waals surface area contributed by atoms with Gasteiger partial charge in [-0.2, -0.15) is 5.10 Å². The number of aromatic nitrogens is 4. The molecule has 0 spiro atoms. The lowest BCUT2D eigenvalue weighted by Crippen LogP contribution is -2.16. The first-order valence-electron chi connectivity index (χ1n) is 7.15. The lowest BCUT2D eigenvalue weighted by molar-refractivity contribution is 0.102. The van der Waals surface area contributed by atoms with Crippen LogP contribution in [0.1, 0.15) is 28.5 Å². The van der Waals surface area contributed by atoms with Gasteiger partial charge in [0, 0.05) is 25.0 Å². The maximum Gasteiger partial charge on any atom is 0.259 e. The molecule has 0 saturated heterocycles. The molecule has 1 amide bonds. The Morgan fingerprint density at radius 2 is 2.05 bits per heavy atom. The Labute approximate surface area is 128 Å². The maximum atomic E-state index is 12.6. The van der Waals surface area contributed by atoms with Crippen molar-refractivity contribution in [2.24, 2.45) is 7.05 Å². The molecule has 1 aromatic carbocycles. The fraction of sp³-hybridized carbons (Fsp3) is 0.250. The van der Waals surface area contributed by atoms with Gasteiger partial charge in [0.05, 0.1) is 16.8 Å². The molecule has 3 aromatic rings. The Morgan fingerprint density at radius 1 is 1.27 bits per heavy atom. The van der Waals surface area contributed by atoms with E-state index in [1.807, 2.05) is 27.0 Å². The monoisotopic (exact) mass is 295 g/mol. The van der Waals surface area contributed by atoms with Crippen LogP contribution in [0.15, 0.2) is 30.6 Å². The standard InChI is InChI=1S/C16H17N5O/c1-4-12-10(2)15(21(3)20-12)19-16(22)11-6-5-7-13-14(11)18-9-8-17-13/h5-9H,4H2,1-3H3,(H,19,22). The van der Waals surface area contributed by atoms with Crippen molar-refractivity contribution in [2.45, 2.75) is 20.3 Å². The number of rotatable bonds is 3. The smallest absolute Gasteiger partial charge is 0.259 e. The molecule has 112 valence electrons. The van der Waals surface area contributed by atoms with Crippen LogP contribution < -0.4 is 5.32 Å². The highest BCUT2D eigenvalue weighted by molar-refractivity contribution is 6.11. The Morgan fingerprint density at radius 3 is 2.77 bits per heavy atom. The first kappa shape index (κ1) is 14.2. The van der Waals surface area contributed by atoms with Crippen molar-refractivity contribution >= 4 is 22.8 Å². The van der Waals surface area contributed by atoms with E-state index in [1.54, 1.807) is 29.2 Å². The maximum absolute atomic E-state index is 12.6. The molecule has 2 heterocycles. The quantitative estimate of drug-likeness (QED) is 0.805. The number of nitrogens with zero attached hydrogens (tertiary/aromatic N) is 4. The topological polar surface area (TPSA) is 72.7 Å². The zero-order valence-electron chi connectivity index (χ0n) is 12.8. The summed E-state index contributed by atoms with van der Waals surface area (Å²) in [5, 5.41) is 7.35. The third kappa shape index (κ3) is 2.32. The van der Waals surface area contributed by atoms with Gasteiger partial charge >= 0.3 is 0 Å². The normalized spacial score (nSPS) is 10.9. The van der Waals surface area contributed by atoms with Crippen molar-refractivity contribution in [3.05, 3.63) is 47.4 Å². The molecule has 6 heteroatoms. The van der Waals surface area contributed by atoms with Gasteiger partial charge in [0.25, 0.3) is 5.91 Å². The summed E-state index contributed by atoms with van der Waals surface area (Å²) in [5.41, 5.74) is 3.77. The summed E-state index contributed by atoms with van der Waals surface area (Å²) in [4.78, 5) is 21.1. The number of anilines is 1. The number of nitrogens with one attached hydrogen (secondary N) is 1. The molecule has 3 rings (SSSR count). The van der Waals surface area contributed by atoms with Gasteiger partial charge in [-0.3, -0.25) is 19.4 Å². The van der Waals surface area contributed by atoms with E-state index in [2.05, 4.69) is 20.4 Å². The molecule has 1 N–H and O–H groups in total. The van der Waals surface area contributed by atoms with Gasteiger partial charge in [-0.05, 0) is 25.5 Å². The SMILES string of the molecule is CCc1nn(C)c(NC(=O)c2cccc3nccnc23)c1C. The van der Waals surface area contributed by atoms with E-state index in [0.717, 1.165) is 17.7 Å². The lowest BCUT2D eigenvalue weighted by Gasteiger charge is -2.08. The largest absolute Gasteiger partial charge is 0.306 e. The molecule has 22 heavy (non-hydrogen) atoms. The van der Waals surface area contributed by atoms with Gasteiger partial charge in [0.2, 0.25) is 0 Å². The van der Waals surface area contributed by atoms with E-state index >= 15 is 0 Å². The van der Waals surface area contributed by atoms with E-state index in [0.29, 0.717) is 22.4 Å². The number of aryl methyl sites for hydroxylation is 2. The number of hydrogen-bond donors (Lipinski definition) is 1. The highest BCUT2D eigenvalue weighted by Crippen LogP contribution is 2.21. The number of carbonyl (C=O) groups excluding carboxylic acids is 1. The van der Waals surface area contributed by atoms with Crippen LogP contribution in [0.2, 0.25) is 0 Å². The number of benzene rings is 1. The molecule has 0 aliphatic carbocycles. The molecule has 2 aromatic heterocycles. The number of hydrogen-bond acceptors (Lipinski definition) is 4. The Kier molecular flexibility index (Phi) is 3.58. The molecule has 0 fully saturated rings. The van der Waals surface area contributed by atoms with Gasteiger partial charge in [-0.25, -0.2) is 0 Å². The second kappa shape index (κ2) is 5.55. The summed E-state index contributed by atoms with van der Waals surface area (Å²) < 4.78 is 1.70. The van der Waals surface area contributed by atoms with Crippen LogP contribution in [0.25, 0.3) is 11.0 Å². The Hall–Kier alpha value is -2.76. The first-order chi connectivity index (χ1) is 10.6. The Balaban J connectivity index is 1.99. The molecule has 0 saturated carbocycles. The summed E-state index contributed by atoms with van der Waals surface area (Å²) >= 11 is 0. The minimum atomic E-state index is -0.208. The van der Waals surface area contributed by atoms with Crippen molar-refractivity contribution in [1.29, 1.82) is 0 Å². The van der Waals surface area contributed by atoms with Crippen LogP contribution in [0.5, 0.6) is 0 Å². The predicted molar refractivity (Wildman–Crippen MR) is 84.8 cm³/mol. The fourth-order valence-electron chi connectivity index (χ4n) is 2.55. The fourth-order valence-corrected chi connectivity index (χ4v) is 2.55. The van der Waals surface area contributed by atoms with Crippen molar-refractivity contribution < 1.29 is 4.79 Å². The highest BCUT2D eigenvalue weighted by atomic mass is 16.1. The van der Waals surface area contributed by atoms with Crippen LogP contribution in [-0.4, -0.2) is 25.7 Å². The number of para-hydroxylation sites is 1. The number of amides is 1. The van der Waals surface area contributed by atoms with Gasteiger partial charge in [-0.15, -0.1) is 0 Å². The number of carbonyl (C=O) groups is 1. The molecule has 0 atom stereocenters. The van der Waals surface area contributed by atoms with Crippen LogP contribution in [-0.2, 0) is 13.5 Å². The minimum absolute atomic E-state index is 0.208. The van der Waals surface area contributed by atoms with E-state index in [4.69, 9.17) is 0 Å². The van der Waals surface area contributed by atoms with E-state index in [9.17, 15) is 4.79 Å². The van der Waals surface area contributed by atoms with Gasteiger partial charge in [-0.1, -0.05) is 13.0 Å². The summed E-state index contributed by atoms with van der Waals surface area (Å²) in [6.07, 6.45) is 4.03. The summed E-state index contributed by atoms with van der Waals surface area (Å²) in [7, 11) is 1.82. The predicted octanol–water partition coefficient (Wildman–Crippen LogP) is 2.49. The zero-order chi connectivity index (χ0) is 15.7. The molecule has 0 bridgehead atoms. The lowest BCUT2D eigenvalue weighted by atomic mass is 10.1. The van der Waals surface area contributed by atoms with Crippen LogP contribution in [0.3, 0.4) is 0 Å². The van der Waals surface area contributed by atoms with E-state index in [1.165, 1.54) is 0 Å². The van der Waals surface area contributed by atoms with E-state index < -0.39 is 0 Å². The van der Waals surface area contributed by atoms with Crippen LogP contribution >= 0.6 is 0 Å². The highest BCUT2D eigenvalue weighted by Gasteiger charge is 2.16. The molecule has 0 radical (unpaired) electrons. The zero-order valence-corrected chi connectivity index (χ0v) is 12.8. The average Bonchev–Trinajstić information content (AvgIpc) is 2.81. The average molecular weight is 295 g/mol. The molecule has 6 nitrogen and oxygen atoms in total. The van der Waals surface area contributed by atoms with E-state index in [-0.39, 0.29) is 5.91 Å².